The fourth-order valence-electron chi connectivity index (χ4n) is 5.21. The molecule has 1 unspecified atom stereocenters. The van der Waals surface area contributed by atoms with Gasteiger partial charge in [0, 0.05) is 64.1 Å². The molecule has 1 atom stereocenters. The zero-order chi connectivity index (χ0) is 23.5. The highest BCUT2D eigenvalue weighted by Crippen LogP contribution is 2.31. The molecule has 4 heterocycles. The van der Waals surface area contributed by atoms with Crippen LogP contribution in [0, 0.1) is 13.8 Å². The number of aromatic nitrogens is 4. The summed E-state index contributed by atoms with van der Waals surface area (Å²) < 4.78 is 9.52. The van der Waals surface area contributed by atoms with E-state index in [2.05, 4.69) is 19.3 Å². The molecule has 180 valence electrons. The van der Waals surface area contributed by atoms with E-state index in [9.17, 15) is 9.59 Å². The van der Waals surface area contributed by atoms with Crippen LogP contribution in [0.1, 0.15) is 72.0 Å². The molecule has 9 nitrogen and oxygen atoms in total. The first-order valence-corrected chi connectivity index (χ1v) is 12.1. The van der Waals surface area contributed by atoms with E-state index < -0.39 is 0 Å². The van der Waals surface area contributed by atoms with Crippen LogP contribution >= 0.6 is 0 Å². The SMILES string of the molecule is CCC(=O)N1CCCCC1c1nnc2n1CCN(C(=O)c1cc(C)n(CCOC)c1C)CC2. The maximum atomic E-state index is 13.4. The fourth-order valence-corrected chi connectivity index (χ4v) is 5.21. The lowest BCUT2D eigenvalue weighted by Gasteiger charge is -2.35. The first kappa shape index (κ1) is 23.5. The number of carbonyl (C=O) groups is 2. The van der Waals surface area contributed by atoms with E-state index in [-0.39, 0.29) is 17.9 Å². The number of hydrogen-bond acceptors (Lipinski definition) is 5. The monoisotopic (exact) mass is 456 g/mol. The molecular weight excluding hydrogens is 420 g/mol. The Labute approximate surface area is 195 Å². The van der Waals surface area contributed by atoms with Gasteiger partial charge in [-0.1, -0.05) is 6.92 Å². The van der Waals surface area contributed by atoms with Gasteiger partial charge in [0.25, 0.3) is 5.91 Å². The molecule has 4 rings (SSSR count). The second-order valence-corrected chi connectivity index (χ2v) is 9.05. The summed E-state index contributed by atoms with van der Waals surface area (Å²) in [5.41, 5.74) is 2.81. The summed E-state index contributed by atoms with van der Waals surface area (Å²) in [6.45, 7) is 9.94. The number of hydrogen-bond donors (Lipinski definition) is 0. The number of likely N-dealkylation sites (tertiary alicyclic amines) is 1. The van der Waals surface area contributed by atoms with Gasteiger partial charge < -0.3 is 23.7 Å². The zero-order valence-electron chi connectivity index (χ0n) is 20.3. The Hall–Kier alpha value is -2.68. The molecular formula is C24H36N6O3. The van der Waals surface area contributed by atoms with Gasteiger partial charge in [0.05, 0.1) is 18.2 Å². The minimum absolute atomic E-state index is 0.0191. The van der Waals surface area contributed by atoms with E-state index in [4.69, 9.17) is 4.74 Å². The molecule has 2 aromatic heterocycles. The topological polar surface area (TPSA) is 85.5 Å². The van der Waals surface area contributed by atoms with Crippen molar-refractivity contribution in [3.8, 4) is 0 Å². The molecule has 0 bridgehead atoms. The molecule has 1 fully saturated rings. The highest BCUT2D eigenvalue weighted by molar-refractivity contribution is 5.95. The molecule has 0 spiro atoms. The molecule has 2 aliphatic rings. The number of fused-ring (bicyclic) bond motifs is 1. The summed E-state index contributed by atoms with van der Waals surface area (Å²) in [4.78, 5) is 29.9. The summed E-state index contributed by atoms with van der Waals surface area (Å²) >= 11 is 0. The maximum absolute atomic E-state index is 13.4. The van der Waals surface area contributed by atoms with E-state index in [0.29, 0.717) is 39.1 Å². The number of rotatable bonds is 6. The van der Waals surface area contributed by atoms with Crippen molar-refractivity contribution in [1.82, 2.24) is 29.1 Å². The summed E-state index contributed by atoms with van der Waals surface area (Å²) in [7, 11) is 1.69. The molecule has 33 heavy (non-hydrogen) atoms. The Bertz CT molecular complexity index is 1010. The van der Waals surface area contributed by atoms with Gasteiger partial charge in [0.2, 0.25) is 5.91 Å². The second-order valence-electron chi connectivity index (χ2n) is 9.05. The van der Waals surface area contributed by atoms with Crippen LogP contribution in [0.15, 0.2) is 6.07 Å². The molecule has 2 aliphatic heterocycles. The molecule has 0 aromatic carbocycles. The predicted octanol–water partition coefficient (Wildman–Crippen LogP) is 2.50. The quantitative estimate of drug-likeness (QED) is 0.667. The Morgan fingerprint density at radius 3 is 2.70 bits per heavy atom. The van der Waals surface area contributed by atoms with E-state index in [1.165, 1.54) is 0 Å². The summed E-state index contributed by atoms with van der Waals surface area (Å²) in [6, 6.07) is 1.97. The van der Waals surface area contributed by atoms with Gasteiger partial charge in [0.15, 0.2) is 5.82 Å². The Morgan fingerprint density at radius 1 is 1.12 bits per heavy atom. The Balaban J connectivity index is 1.52. The van der Waals surface area contributed by atoms with Crippen molar-refractivity contribution >= 4 is 11.8 Å². The molecule has 2 aromatic rings. The first-order valence-electron chi connectivity index (χ1n) is 12.1. The smallest absolute Gasteiger partial charge is 0.255 e. The molecule has 1 saturated heterocycles. The highest BCUT2D eigenvalue weighted by Gasteiger charge is 2.33. The number of piperidine rings is 1. The van der Waals surface area contributed by atoms with Gasteiger partial charge >= 0.3 is 0 Å². The van der Waals surface area contributed by atoms with E-state index >= 15 is 0 Å². The van der Waals surface area contributed by atoms with Crippen LogP contribution in [0.3, 0.4) is 0 Å². The average molecular weight is 457 g/mol. The van der Waals surface area contributed by atoms with Gasteiger partial charge in [-0.15, -0.1) is 10.2 Å². The third-order valence-corrected chi connectivity index (χ3v) is 7.09. The average Bonchev–Trinajstić information content (AvgIpc) is 3.28. The van der Waals surface area contributed by atoms with Gasteiger partial charge in [-0.3, -0.25) is 9.59 Å². The summed E-state index contributed by atoms with van der Waals surface area (Å²) in [6.07, 6.45) is 4.20. The Morgan fingerprint density at radius 2 is 1.94 bits per heavy atom. The lowest BCUT2D eigenvalue weighted by molar-refractivity contribution is -0.135. The fraction of sp³-hybridized carbons (Fsp3) is 0.667. The van der Waals surface area contributed by atoms with Crippen LogP contribution in [-0.2, 0) is 29.0 Å². The lowest BCUT2D eigenvalue weighted by atomic mass is 10.0. The number of ether oxygens (including phenoxy) is 1. The molecule has 9 heteroatoms. The number of methoxy groups -OCH3 is 1. The van der Waals surface area contributed by atoms with Crippen LogP contribution < -0.4 is 0 Å². The maximum Gasteiger partial charge on any atom is 0.255 e. The normalized spacial score (nSPS) is 18.8. The van der Waals surface area contributed by atoms with Gasteiger partial charge in [-0.25, -0.2) is 0 Å². The van der Waals surface area contributed by atoms with Crippen LogP contribution in [-0.4, -0.2) is 74.3 Å². The molecule has 0 saturated carbocycles. The van der Waals surface area contributed by atoms with Crippen LogP contribution in [0.2, 0.25) is 0 Å². The van der Waals surface area contributed by atoms with Crippen molar-refractivity contribution in [3.05, 3.63) is 34.7 Å². The van der Waals surface area contributed by atoms with E-state index in [1.54, 1.807) is 7.11 Å². The predicted molar refractivity (Wildman–Crippen MR) is 124 cm³/mol. The minimum atomic E-state index is -0.0191. The Kier molecular flexibility index (Phi) is 7.17. The van der Waals surface area contributed by atoms with Gasteiger partial charge in [0.1, 0.15) is 5.82 Å². The standard InChI is InChI=1S/C24H36N6O3/c1-5-22(31)29-10-7-6-8-20(29)23-26-25-21-9-11-27(12-13-30(21)23)24(32)19-16-17(2)28(18(19)3)14-15-33-4/h16,20H,5-15H2,1-4H3. The van der Waals surface area contributed by atoms with Gasteiger partial charge in [-0.05, 0) is 39.2 Å². The molecule has 0 radical (unpaired) electrons. The van der Waals surface area contributed by atoms with Crippen molar-refractivity contribution in [2.24, 2.45) is 0 Å². The second kappa shape index (κ2) is 10.1. The van der Waals surface area contributed by atoms with Crippen LogP contribution in [0.4, 0.5) is 0 Å². The highest BCUT2D eigenvalue weighted by atomic mass is 16.5. The van der Waals surface area contributed by atoms with Crippen LogP contribution in [0.25, 0.3) is 0 Å². The van der Waals surface area contributed by atoms with Crippen molar-refractivity contribution in [1.29, 1.82) is 0 Å². The number of amides is 2. The first-order chi connectivity index (χ1) is 16.0. The largest absolute Gasteiger partial charge is 0.383 e. The third kappa shape index (κ3) is 4.55. The van der Waals surface area contributed by atoms with Crippen molar-refractivity contribution < 1.29 is 14.3 Å². The summed E-state index contributed by atoms with van der Waals surface area (Å²) in [5, 5.41) is 8.98. The van der Waals surface area contributed by atoms with E-state index in [1.807, 2.05) is 36.6 Å². The van der Waals surface area contributed by atoms with Crippen molar-refractivity contribution in [3.63, 3.8) is 0 Å². The lowest BCUT2D eigenvalue weighted by Crippen LogP contribution is -2.39. The van der Waals surface area contributed by atoms with Crippen molar-refractivity contribution in [2.75, 3.05) is 33.4 Å². The number of nitrogens with zero attached hydrogens (tertiary/aromatic N) is 6. The minimum Gasteiger partial charge on any atom is -0.383 e. The molecule has 2 amide bonds. The number of carbonyl (C=O) groups excluding carboxylic acids is 2. The number of aryl methyl sites for hydroxylation is 1. The summed E-state index contributed by atoms with van der Waals surface area (Å²) in [5.74, 6) is 2.01. The van der Waals surface area contributed by atoms with Crippen molar-refractivity contribution in [2.45, 2.75) is 72.0 Å². The van der Waals surface area contributed by atoms with Gasteiger partial charge in [-0.2, -0.15) is 0 Å². The zero-order valence-corrected chi connectivity index (χ0v) is 20.3. The van der Waals surface area contributed by atoms with Crippen LogP contribution in [0.5, 0.6) is 0 Å². The van der Waals surface area contributed by atoms with E-state index in [0.717, 1.165) is 61.0 Å². The third-order valence-electron chi connectivity index (χ3n) is 7.09. The molecule has 0 aliphatic carbocycles. The molecule has 0 N–H and O–H groups in total.